The summed E-state index contributed by atoms with van der Waals surface area (Å²) in [7, 11) is 0. The average Bonchev–Trinajstić information content (AvgIpc) is 3.26. The first-order valence-electron chi connectivity index (χ1n) is 9.28. The first kappa shape index (κ1) is 17.7. The molecule has 0 aromatic carbocycles. The third kappa shape index (κ3) is 4.11. The molecule has 3 rings (SSSR count). The molecule has 0 spiro atoms. The van der Waals surface area contributed by atoms with Crippen molar-refractivity contribution in [3.8, 4) is 5.88 Å². The predicted octanol–water partition coefficient (Wildman–Crippen LogP) is 2.31. The Morgan fingerprint density at radius 2 is 2.04 bits per heavy atom. The molecule has 2 fully saturated rings. The third-order valence-corrected chi connectivity index (χ3v) is 5.06. The number of nitrogens with one attached hydrogen (secondary N) is 1. The smallest absolute Gasteiger partial charge is 0.256 e. The maximum Gasteiger partial charge on any atom is 0.256 e. The van der Waals surface area contributed by atoms with Gasteiger partial charge in [-0.2, -0.15) is 0 Å². The van der Waals surface area contributed by atoms with Gasteiger partial charge in [0.15, 0.2) is 0 Å². The Hall–Kier alpha value is -2.11. The number of carbonyl (C=O) groups is 2. The number of aromatic nitrogens is 1. The fraction of sp³-hybridized carbons (Fsp3) is 0.632. The lowest BCUT2D eigenvalue weighted by Crippen LogP contribution is -2.36. The monoisotopic (exact) mass is 345 g/mol. The van der Waals surface area contributed by atoms with Crippen LogP contribution in [-0.2, 0) is 4.79 Å². The van der Waals surface area contributed by atoms with E-state index in [1.807, 2.05) is 24.8 Å². The van der Waals surface area contributed by atoms with Crippen LogP contribution in [0, 0.1) is 12.8 Å². The fourth-order valence-corrected chi connectivity index (χ4v) is 3.75. The molecule has 6 heteroatoms. The van der Waals surface area contributed by atoms with Gasteiger partial charge in [-0.25, -0.2) is 4.98 Å². The number of carbonyl (C=O) groups excluding carboxylic acids is 2. The van der Waals surface area contributed by atoms with Crippen molar-refractivity contribution in [2.24, 2.45) is 5.92 Å². The average molecular weight is 345 g/mol. The van der Waals surface area contributed by atoms with Crippen LogP contribution in [0.4, 0.5) is 0 Å². The van der Waals surface area contributed by atoms with Gasteiger partial charge in [0.25, 0.3) is 5.91 Å². The zero-order chi connectivity index (χ0) is 17.8. The summed E-state index contributed by atoms with van der Waals surface area (Å²) in [6.45, 7) is 5.98. The Labute approximate surface area is 148 Å². The van der Waals surface area contributed by atoms with Crippen molar-refractivity contribution >= 4 is 11.8 Å². The summed E-state index contributed by atoms with van der Waals surface area (Å²) in [5.74, 6) is 0.519. The molecular formula is C19H27N3O3. The number of ether oxygens (including phenoxy) is 1. The largest absolute Gasteiger partial charge is 0.477 e. The van der Waals surface area contributed by atoms with Gasteiger partial charge in [-0.3, -0.25) is 9.59 Å². The highest BCUT2D eigenvalue weighted by atomic mass is 16.5. The first-order valence-corrected chi connectivity index (χ1v) is 9.28. The van der Waals surface area contributed by atoms with Crippen molar-refractivity contribution in [2.75, 3.05) is 19.7 Å². The van der Waals surface area contributed by atoms with E-state index >= 15 is 0 Å². The minimum Gasteiger partial charge on any atom is -0.477 e. The lowest BCUT2D eigenvalue weighted by Gasteiger charge is -2.20. The van der Waals surface area contributed by atoms with Crippen LogP contribution in [0.3, 0.4) is 0 Å². The summed E-state index contributed by atoms with van der Waals surface area (Å²) < 4.78 is 5.50. The summed E-state index contributed by atoms with van der Waals surface area (Å²) >= 11 is 0. The quantitative estimate of drug-likeness (QED) is 0.889. The van der Waals surface area contributed by atoms with Crippen LogP contribution in [0.1, 0.15) is 55.1 Å². The fourth-order valence-electron chi connectivity index (χ4n) is 3.75. The van der Waals surface area contributed by atoms with Crippen molar-refractivity contribution in [3.05, 3.63) is 23.4 Å². The predicted molar refractivity (Wildman–Crippen MR) is 94.6 cm³/mol. The summed E-state index contributed by atoms with van der Waals surface area (Å²) in [6.07, 6.45) is 4.65. The normalized spacial score (nSPS) is 22.9. The molecule has 0 radical (unpaired) electrons. The van der Waals surface area contributed by atoms with E-state index in [0.29, 0.717) is 18.1 Å². The zero-order valence-electron chi connectivity index (χ0n) is 15.1. The zero-order valence-corrected chi connectivity index (χ0v) is 15.1. The van der Waals surface area contributed by atoms with Gasteiger partial charge in [0.2, 0.25) is 11.8 Å². The highest BCUT2D eigenvalue weighted by molar-refractivity contribution is 5.96. The molecule has 1 aliphatic heterocycles. The van der Waals surface area contributed by atoms with E-state index in [-0.39, 0.29) is 23.8 Å². The summed E-state index contributed by atoms with van der Waals surface area (Å²) in [5, 5.41) is 3.06. The maximum atomic E-state index is 12.6. The molecule has 0 unspecified atom stereocenters. The maximum absolute atomic E-state index is 12.6. The summed E-state index contributed by atoms with van der Waals surface area (Å²) in [5.41, 5.74) is 1.28. The highest BCUT2D eigenvalue weighted by Gasteiger charge is 2.34. The van der Waals surface area contributed by atoms with Gasteiger partial charge in [-0.15, -0.1) is 0 Å². The molecule has 1 aromatic heterocycles. The minimum atomic E-state index is -0.171. The number of hydrogen-bond acceptors (Lipinski definition) is 4. The molecule has 1 saturated heterocycles. The third-order valence-electron chi connectivity index (χ3n) is 5.06. The van der Waals surface area contributed by atoms with Gasteiger partial charge in [-0.1, -0.05) is 0 Å². The van der Waals surface area contributed by atoms with E-state index in [1.54, 1.807) is 6.07 Å². The molecular weight excluding hydrogens is 318 g/mol. The van der Waals surface area contributed by atoms with Crippen LogP contribution in [0.2, 0.25) is 0 Å². The molecule has 136 valence electrons. The molecule has 2 atom stereocenters. The number of hydrogen-bond donors (Lipinski definition) is 1. The van der Waals surface area contributed by atoms with Crippen LogP contribution >= 0.6 is 0 Å². The summed E-state index contributed by atoms with van der Waals surface area (Å²) in [6, 6.07) is 3.61. The standard InChI is InChI=1S/C19H27N3O3/c1-3-25-18-16(9-6-13(2)20-18)17(23)21-15-8-7-14(12-15)19(24)22-10-4-5-11-22/h6,9,14-15H,3-5,7-8,10-12H2,1-2H3,(H,21,23)/t14-,15+/m1/s1. The SMILES string of the molecule is CCOc1nc(C)ccc1C(=O)N[C@H]1CC[C@@H](C(=O)N2CCCC2)C1. The van der Waals surface area contributed by atoms with Gasteiger partial charge in [0, 0.05) is 30.7 Å². The molecule has 1 saturated carbocycles. The topological polar surface area (TPSA) is 71.5 Å². The van der Waals surface area contributed by atoms with E-state index in [4.69, 9.17) is 4.74 Å². The summed E-state index contributed by atoms with van der Waals surface area (Å²) in [4.78, 5) is 31.4. The van der Waals surface area contributed by atoms with Crippen molar-refractivity contribution in [3.63, 3.8) is 0 Å². The van der Waals surface area contributed by atoms with Crippen molar-refractivity contribution < 1.29 is 14.3 Å². The number of nitrogens with zero attached hydrogens (tertiary/aromatic N) is 2. The molecule has 0 bridgehead atoms. The molecule has 2 aliphatic rings. The molecule has 1 aromatic rings. The number of likely N-dealkylation sites (tertiary alicyclic amines) is 1. The van der Waals surface area contributed by atoms with E-state index in [1.165, 1.54) is 0 Å². The molecule has 2 amide bonds. The highest BCUT2D eigenvalue weighted by Crippen LogP contribution is 2.29. The van der Waals surface area contributed by atoms with Crippen molar-refractivity contribution in [1.82, 2.24) is 15.2 Å². The minimum absolute atomic E-state index is 0.0415. The Bertz CT molecular complexity index is 641. The van der Waals surface area contributed by atoms with Crippen LogP contribution in [0.25, 0.3) is 0 Å². The van der Waals surface area contributed by atoms with Gasteiger partial charge < -0.3 is 15.0 Å². The lowest BCUT2D eigenvalue weighted by atomic mass is 10.1. The molecule has 2 heterocycles. The van der Waals surface area contributed by atoms with Crippen LogP contribution < -0.4 is 10.1 Å². The van der Waals surface area contributed by atoms with E-state index in [0.717, 1.165) is 50.9 Å². The van der Waals surface area contributed by atoms with Crippen molar-refractivity contribution in [2.45, 2.75) is 52.0 Å². The van der Waals surface area contributed by atoms with Gasteiger partial charge >= 0.3 is 0 Å². The second-order valence-corrected chi connectivity index (χ2v) is 6.95. The first-order chi connectivity index (χ1) is 12.1. The van der Waals surface area contributed by atoms with Gasteiger partial charge in [0.05, 0.1) is 6.61 Å². The van der Waals surface area contributed by atoms with E-state index in [9.17, 15) is 9.59 Å². The molecule has 6 nitrogen and oxygen atoms in total. The van der Waals surface area contributed by atoms with Crippen molar-refractivity contribution in [1.29, 1.82) is 0 Å². The second-order valence-electron chi connectivity index (χ2n) is 6.95. The Balaban J connectivity index is 1.59. The van der Waals surface area contributed by atoms with E-state index < -0.39 is 0 Å². The molecule has 25 heavy (non-hydrogen) atoms. The Morgan fingerprint density at radius 3 is 2.76 bits per heavy atom. The van der Waals surface area contributed by atoms with Gasteiger partial charge in [0.1, 0.15) is 5.56 Å². The molecule has 1 aliphatic carbocycles. The van der Waals surface area contributed by atoms with Crippen LogP contribution in [-0.4, -0.2) is 47.4 Å². The Morgan fingerprint density at radius 1 is 1.28 bits per heavy atom. The Kier molecular flexibility index (Phi) is 5.56. The number of amides is 2. The lowest BCUT2D eigenvalue weighted by molar-refractivity contribution is -0.134. The number of aryl methyl sites for hydroxylation is 1. The van der Waals surface area contributed by atoms with Gasteiger partial charge in [-0.05, 0) is 58.1 Å². The van der Waals surface area contributed by atoms with E-state index in [2.05, 4.69) is 10.3 Å². The van der Waals surface area contributed by atoms with Crippen LogP contribution in [0.5, 0.6) is 5.88 Å². The second kappa shape index (κ2) is 7.85. The molecule has 1 N–H and O–H groups in total. The van der Waals surface area contributed by atoms with Crippen LogP contribution in [0.15, 0.2) is 12.1 Å². The number of rotatable bonds is 5. The number of pyridine rings is 1.